The Balaban J connectivity index is 2.65. The third kappa shape index (κ3) is 2.94. The van der Waals surface area contributed by atoms with Crippen LogP contribution < -0.4 is 0 Å². The van der Waals surface area contributed by atoms with E-state index < -0.39 is 0 Å². The number of hydrogen-bond donors (Lipinski definition) is 0. The molecule has 0 spiro atoms. The van der Waals surface area contributed by atoms with Gasteiger partial charge in [-0.05, 0) is 26.0 Å². The minimum absolute atomic E-state index is 0.344. The minimum atomic E-state index is 0.344. The second-order valence-corrected chi connectivity index (χ2v) is 2.63. The Labute approximate surface area is 67.0 Å². The van der Waals surface area contributed by atoms with E-state index in [0.717, 1.165) is 5.69 Å². The van der Waals surface area contributed by atoms with E-state index in [9.17, 15) is 0 Å². The fourth-order valence-electron chi connectivity index (χ4n) is 0.678. The van der Waals surface area contributed by atoms with Crippen molar-refractivity contribution in [1.82, 2.24) is 4.98 Å². The van der Waals surface area contributed by atoms with E-state index >= 15 is 0 Å². The van der Waals surface area contributed by atoms with Gasteiger partial charge in [0.15, 0.2) is 0 Å². The zero-order valence-corrected chi connectivity index (χ0v) is 6.86. The molecule has 1 aromatic rings. The Hall–Kier alpha value is -1.18. The van der Waals surface area contributed by atoms with Crippen molar-refractivity contribution >= 4 is 6.21 Å². The van der Waals surface area contributed by atoms with Gasteiger partial charge in [0.1, 0.15) is 0 Å². The molecule has 0 aliphatic heterocycles. The van der Waals surface area contributed by atoms with Crippen LogP contribution >= 0.6 is 0 Å². The fraction of sp³-hybridized carbons (Fsp3) is 0.333. The standard InChI is InChI=1S/C9H12N2/c1-8(2)11-7-9-5-3-4-6-10-9/h3-8H,1-2H3/b11-7+. The van der Waals surface area contributed by atoms with Crippen LogP contribution in [-0.2, 0) is 0 Å². The Morgan fingerprint density at radius 1 is 1.45 bits per heavy atom. The average Bonchev–Trinajstić information content (AvgIpc) is 2.03. The number of pyridine rings is 1. The third-order valence-electron chi connectivity index (χ3n) is 1.19. The van der Waals surface area contributed by atoms with Crippen molar-refractivity contribution in [3.63, 3.8) is 0 Å². The van der Waals surface area contributed by atoms with E-state index in [1.807, 2.05) is 32.0 Å². The summed E-state index contributed by atoms with van der Waals surface area (Å²) in [6.07, 6.45) is 3.56. The van der Waals surface area contributed by atoms with Gasteiger partial charge in [0.05, 0.1) is 5.69 Å². The van der Waals surface area contributed by atoms with Gasteiger partial charge in [-0.15, -0.1) is 0 Å². The number of aromatic nitrogens is 1. The fourth-order valence-corrected chi connectivity index (χ4v) is 0.678. The van der Waals surface area contributed by atoms with E-state index in [1.165, 1.54) is 0 Å². The van der Waals surface area contributed by atoms with E-state index in [0.29, 0.717) is 6.04 Å². The number of hydrogen-bond acceptors (Lipinski definition) is 2. The molecule has 2 heteroatoms. The molecule has 1 heterocycles. The summed E-state index contributed by atoms with van der Waals surface area (Å²) >= 11 is 0. The molecule has 0 aromatic carbocycles. The zero-order valence-electron chi connectivity index (χ0n) is 6.86. The number of nitrogens with zero attached hydrogens (tertiary/aromatic N) is 2. The van der Waals surface area contributed by atoms with Crippen molar-refractivity contribution in [3.05, 3.63) is 30.1 Å². The quantitative estimate of drug-likeness (QED) is 0.588. The predicted molar refractivity (Wildman–Crippen MR) is 47.0 cm³/mol. The van der Waals surface area contributed by atoms with Crippen molar-refractivity contribution in [2.24, 2.45) is 4.99 Å². The Morgan fingerprint density at radius 3 is 2.82 bits per heavy atom. The SMILES string of the molecule is CC(C)/N=C/c1ccccn1. The van der Waals surface area contributed by atoms with Crippen LogP contribution in [0, 0.1) is 0 Å². The van der Waals surface area contributed by atoms with Gasteiger partial charge in [-0.3, -0.25) is 9.98 Å². The third-order valence-corrected chi connectivity index (χ3v) is 1.19. The largest absolute Gasteiger partial charge is 0.288 e. The molecule has 1 aromatic heterocycles. The maximum atomic E-state index is 4.21. The van der Waals surface area contributed by atoms with Crippen LogP contribution in [-0.4, -0.2) is 17.2 Å². The molecule has 0 amide bonds. The van der Waals surface area contributed by atoms with Crippen molar-refractivity contribution in [1.29, 1.82) is 0 Å². The summed E-state index contributed by atoms with van der Waals surface area (Å²) in [6, 6.07) is 6.13. The summed E-state index contributed by atoms with van der Waals surface area (Å²) in [6.45, 7) is 4.08. The molecule has 0 fully saturated rings. The molecule has 0 aliphatic rings. The summed E-state index contributed by atoms with van der Waals surface area (Å²) < 4.78 is 0. The van der Waals surface area contributed by atoms with Crippen LogP contribution in [0.1, 0.15) is 19.5 Å². The maximum absolute atomic E-state index is 4.21. The molecule has 58 valence electrons. The molecule has 0 saturated heterocycles. The molecule has 11 heavy (non-hydrogen) atoms. The highest BCUT2D eigenvalue weighted by molar-refractivity contribution is 5.76. The van der Waals surface area contributed by atoms with Crippen molar-refractivity contribution in [2.45, 2.75) is 19.9 Å². The molecule has 2 nitrogen and oxygen atoms in total. The lowest BCUT2D eigenvalue weighted by Crippen LogP contribution is -1.91. The molecule has 0 atom stereocenters. The lowest BCUT2D eigenvalue weighted by Gasteiger charge is -1.93. The summed E-state index contributed by atoms with van der Waals surface area (Å²) in [7, 11) is 0. The molecular formula is C9H12N2. The first-order valence-electron chi connectivity index (χ1n) is 3.73. The van der Waals surface area contributed by atoms with Crippen molar-refractivity contribution < 1.29 is 0 Å². The highest BCUT2D eigenvalue weighted by Crippen LogP contribution is 1.90. The average molecular weight is 148 g/mol. The van der Waals surface area contributed by atoms with Crippen molar-refractivity contribution in [2.75, 3.05) is 0 Å². The van der Waals surface area contributed by atoms with E-state index in [-0.39, 0.29) is 0 Å². The van der Waals surface area contributed by atoms with Gasteiger partial charge in [-0.1, -0.05) is 6.07 Å². The Bertz CT molecular complexity index is 227. The Kier molecular flexibility index (Phi) is 2.78. The van der Waals surface area contributed by atoms with Crippen LogP contribution in [0.4, 0.5) is 0 Å². The van der Waals surface area contributed by atoms with E-state index in [4.69, 9.17) is 0 Å². The second kappa shape index (κ2) is 3.86. The van der Waals surface area contributed by atoms with Gasteiger partial charge < -0.3 is 0 Å². The molecule has 0 bridgehead atoms. The number of aliphatic imine (C=N–C) groups is 1. The van der Waals surface area contributed by atoms with Crippen LogP contribution in [0.5, 0.6) is 0 Å². The zero-order chi connectivity index (χ0) is 8.10. The highest BCUT2D eigenvalue weighted by Gasteiger charge is 1.86. The smallest absolute Gasteiger partial charge is 0.0807 e. The van der Waals surface area contributed by atoms with Crippen LogP contribution in [0.2, 0.25) is 0 Å². The normalized spacial score (nSPS) is 11.2. The van der Waals surface area contributed by atoms with E-state index in [2.05, 4.69) is 9.98 Å². The molecule has 0 N–H and O–H groups in total. The second-order valence-electron chi connectivity index (χ2n) is 2.63. The highest BCUT2D eigenvalue weighted by atomic mass is 14.8. The first-order valence-corrected chi connectivity index (χ1v) is 3.73. The molecular weight excluding hydrogens is 136 g/mol. The van der Waals surface area contributed by atoms with Gasteiger partial charge in [0, 0.05) is 18.5 Å². The van der Waals surface area contributed by atoms with Gasteiger partial charge in [-0.2, -0.15) is 0 Å². The van der Waals surface area contributed by atoms with E-state index in [1.54, 1.807) is 12.4 Å². The monoisotopic (exact) mass is 148 g/mol. The summed E-state index contributed by atoms with van der Waals surface area (Å²) in [5.41, 5.74) is 0.918. The summed E-state index contributed by atoms with van der Waals surface area (Å²) in [4.78, 5) is 8.31. The molecule has 0 unspecified atom stereocenters. The van der Waals surface area contributed by atoms with Gasteiger partial charge in [0.2, 0.25) is 0 Å². The van der Waals surface area contributed by atoms with Crippen LogP contribution in [0.15, 0.2) is 29.4 Å². The van der Waals surface area contributed by atoms with Crippen LogP contribution in [0.25, 0.3) is 0 Å². The van der Waals surface area contributed by atoms with Gasteiger partial charge in [0.25, 0.3) is 0 Å². The molecule has 1 rings (SSSR count). The Morgan fingerprint density at radius 2 is 2.27 bits per heavy atom. The van der Waals surface area contributed by atoms with Gasteiger partial charge in [-0.25, -0.2) is 0 Å². The first-order chi connectivity index (χ1) is 5.29. The summed E-state index contributed by atoms with van der Waals surface area (Å²) in [5.74, 6) is 0. The lowest BCUT2D eigenvalue weighted by atomic mass is 10.3. The van der Waals surface area contributed by atoms with Crippen molar-refractivity contribution in [3.8, 4) is 0 Å². The van der Waals surface area contributed by atoms with Gasteiger partial charge >= 0.3 is 0 Å². The minimum Gasteiger partial charge on any atom is -0.288 e. The van der Waals surface area contributed by atoms with Crippen LogP contribution in [0.3, 0.4) is 0 Å². The molecule has 0 radical (unpaired) electrons. The number of rotatable bonds is 2. The molecule has 0 saturated carbocycles. The summed E-state index contributed by atoms with van der Waals surface area (Å²) in [5, 5.41) is 0. The molecule has 0 aliphatic carbocycles. The lowest BCUT2D eigenvalue weighted by molar-refractivity contribution is 0.840. The first kappa shape index (κ1) is 7.92. The topological polar surface area (TPSA) is 25.2 Å². The predicted octanol–water partition coefficient (Wildman–Crippen LogP) is 1.91. The maximum Gasteiger partial charge on any atom is 0.0807 e.